The molecule has 92 valence electrons. The number of hydrogen-bond acceptors (Lipinski definition) is 1. The summed E-state index contributed by atoms with van der Waals surface area (Å²) in [6.45, 7) is 5.83. The first-order chi connectivity index (χ1) is 8.04. The summed E-state index contributed by atoms with van der Waals surface area (Å²) in [5.74, 6) is -0.152. The second-order valence-electron chi connectivity index (χ2n) is 4.28. The lowest BCUT2D eigenvalue weighted by molar-refractivity contribution is -0.117. The smallest absolute Gasteiger partial charge is 0.244 e. The Morgan fingerprint density at radius 2 is 1.88 bits per heavy atom. The van der Waals surface area contributed by atoms with Crippen molar-refractivity contribution in [1.29, 1.82) is 0 Å². The molecule has 0 saturated heterocycles. The van der Waals surface area contributed by atoms with Crippen molar-refractivity contribution in [2.45, 2.75) is 26.8 Å². The quantitative estimate of drug-likeness (QED) is 0.798. The topological polar surface area (TPSA) is 29.1 Å². The van der Waals surface area contributed by atoms with Gasteiger partial charge in [-0.15, -0.1) is 0 Å². The van der Waals surface area contributed by atoms with Gasteiger partial charge in [0.2, 0.25) is 5.91 Å². The molecule has 0 aliphatic carbocycles. The van der Waals surface area contributed by atoms with Gasteiger partial charge in [0.25, 0.3) is 0 Å². The van der Waals surface area contributed by atoms with Gasteiger partial charge in [0.15, 0.2) is 0 Å². The van der Waals surface area contributed by atoms with Gasteiger partial charge in [-0.3, -0.25) is 4.79 Å². The number of allylic oxidation sites excluding steroid dienone is 1. The first-order valence-electron chi connectivity index (χ1n) is 5.73. The van der Waals surface area contributed by atoms with Gasteiger partial charge in [-0.2, -0.15) is 0 Å². The summed E-state index contributed by atoms with van der Waals surface area (Å²) in [6, 6.07) is 6.13. The van der Waals surface area contributed by atoms with E-state index in [-0.39, 0.29) is 23.7 Å². The zero-order valence-corrected chi connectivity index (χ0v) is 10.4. The number of nitrogens with one attached hydrogen (secondary N) is 1. The number of carbonyl (C=O) groups excluding carboxylic acids is 1. The molecule has 0 aromatic heterocycles. The van der Waals surface area contributed by atoms with E-state index >= 15 is 0 Å². The van der Waals surface area contributed by atoms with E-state index < -0.39 is 0 Å². The van der Waals surface area contributed by atoms with Gasteiger partial charge in [0.05, 0.1) is 6.04 Å². The summed E-state index contributed by atoms with van der Waals surface area (Å²) in [4.78, 5) is 11.5. The monoisotopic (exact) mass is 235 g/mol. The molecule has 17 heavy (non-hydrogen) atoms. The molecule has 0 aliphatic heterocycles. The van der Waals surface area contributed by atoms with Crippen LogP contribution in [0, 0.1) is 11.7 Å². The van der Waals surface area contributed by atoms with Crippen molar-refractivity contribution in [1.82, 2.24) is 5.32 Å². The molecule has 1 N–H and O–H groups in total. The van der Waals surface area contributed by atoms with Crippen LogP contribution in [0.15, 0.2) is 36.4 Å². The maximum absolute atomic E-state index is 12.8. The zero-order valence-electron chi connectivity index (χ0n) is 10.4. The number of amides is 1. The molecular weight excluding hydrogens is 217 g/mol. The first kappa shape index (κ1) is 13.4. The van der Waals surface area contributed by atoms with Crippen LogP contribution in [-0.4, -0.2) is 5.91 Å². The molecule has 1 unspecified atom stereocenters. The molecular formula is C14H18FNO. The fourth-order valence-electron chi connectivity index (χ4n) is 1.66. The molecule has 0 fully saturated rings. The van der Waals surface area contributed by atoms with Crippen molar-refractivity contribution in [2.75, 3.05) is 0 Å². The first-order valence-corrected chi connectivity index (χ1v) is 5.73. The number of rotatable bonds is 4. The Morgan fingerprint density at radius 3 is 2.35 bits per heavy atom. The normalized spacial score (nSPS) is 13.0. The number of benzene rings is 1. The fraction of sp³-hybridized carbons (Fsp3) is 0.357. The van der Waals surface area contributed by atoms with E-state index in [9.17, 15) is 9.18 Å². The van der Waals surface area contributed by atoms with Crippen molar-refractivity contribution in [2.24, 2.45) is 5.92 Å². The fourth-order valence-corrected chi connectivity index (χ4v) is 1.66. The van der Waals surface area contributed by atoms with Gasteiger partial charge >= 0.3 is 0 Å². The van der Waals surface area contributed by atoms with Crippen molar-refractivity contribution < 1.29 is 9.18 Å². The summed E-state index contributed by atoms with van der Waals surface area (Å²) in [5.41, 5.74) is 0.916. The lowest BCUT2D eigenvalue weighted by Crippen LogP contribution is -2.30. The third-order valence-corrected chi connectivity index (χ3v) is 2.51. The van der Waals surface area contributed by atoms with Crippen LogP contribution in [0.1, 0.15) is 32.4 Å². The summed E-state index contributed by atoms with van der Waals surface area (Å²) < 4.78 is 12.8. The highest BCUT2D eigenvalue weighted by atomic mass is 19.1. The average molecular weight is 235 g/mol. The van der Waals surface area contributed by atoms with Crippen LogP contribution >= 0.6 is 0 Å². The van der Waals surface area contributed by atoms with Crippen LogP contribution in [0.5, 0.6) is 0 Å². The summed E-state index contributed by atoms with van der Waals surface area (Å²) >= 11 is 0. The van der Waals surface area contributed by atoms with E-state index in [4.69, 9.17) is 0 Å². The Morgan fingerprint density at radius 1 is 1.29 bits per heavy atom. The zero-order chi connectivity index (χ0) is 12.8. The summed E-state index contributed by atoms with van der Waals surface area (Å²) in [5, 5.41) is 2.90. The van der Waals surface area contributed by atoms with E-state index in [1.54, 1.807) is 25.1 Å². The van der Waals surface area contributed by atoms with Crippen molar-refractivity contribution >= 4 is 5.91 Å². The predicted octanol–water partition coefficient (Wildman–Crippen LogP) is 3.22. The summed E-state index contributed by atoms with van der Waals surface area (Å²) in [6.07, 6.45) is 3.18. The minimum absolute atomic E-state index is 0.0979. The van der Waals surface area contributed by atoms with E-state index in [2.05, 4.69) is 5.32 Å². The highest BCUT2D eigenvalue weighted by molar-refractivity contribution is 5.87. The SMILES string of the molecule is CC=CC(=O)NC(c1ccc(F)cc1)C(C)C. The molecule has 0 bridgehead atoms. The second-order valence-corrected chi connectivity index (χ2v) is 4.28. The van der Waals surface area contributed by atoms with E-state index in [0.717, 1.165) is 5.56 Å². The van der Waals surface area contributed by atoms with Crippen LogP contribution in [0.3, 0.4) is 0 Å². The lowest BCUT2D eigenvalue weighted by atomic mass is 9.96. The standard InChI is InChI=1S/C14H18FNO/c1-4-5-13(17)16-14(10(2)3)11-6-8-12(15)9-7-11/h4-10,14H,1-3H3,(H,16,17). The molecule has 0 spiro atoms. The molecule has 2 nitrogen and oxygen atoms in total. The number of carbonyl (C=O) groups is 1. The van der Waals surface area contributed by atoms with Crippen LogP contribution in [0.2, 0.25) is 0 Å². The summed E-state index contributed by atoms with van der Waals surface area (Å²) in [7, 11) is 0. The average Bonchev–Trinajstić information content (AvgIpc) is 2.27. The minimum Gasteiger partial charge on any atom is -0.346 e. The van der Waals surface area contributed by atoms with Crippen LogP contribution < -0.4 is 5.32 Å². The second kappa shape index (κ2) is 6.18. The molecule has 0 radical (unpaired) electrons. The molecule has 1 rings (SSSR count). The highest BCUT2D eigenvalue weighted by Crippen LogP contribution is 2.21. The number of hydrogen-bond donors (Lipinski definition) is 1. The molecule has 1 amide bonds. The van der Waals surface area contributed by atoms with Crippen LogP contribution in [0.4, 0.5) is 4.39 Å². The third kappa shape index (κ3) is 4.02. The van der Waals surface area contributed by atoms with Crippen molar-refractivity contribution in [3.63, 3.8) is 0 Å². The predicted molar refractivity (Wildman–Crippen MR) is 66.9 cm³/mol. The van der Waals surface area contributed by atoms with Gasteiger partial charge in [0.1, 0.15) is 5.82 Å². The highest BCUT2D eigenvalue weighted by Gasteiger charge is 2.16. The Bertz CT molecular complexity index is 395. The van der Waals surface area contributed by atoms with Crippen molar-refractivity contribution in [3.8, 4) is 0 Å². The van der Waals surface area contributed by atoms with E-state index in [1.807, 2.05) is 13.8 Å². The lowest BCUT2D eigenvalue weighted by Gasteiger charge is -2.22. The Labute approximate surface area is 102 Å². The van der Waals surface area contributed by atoms with Gasteiger partial charge in [0, 0.05) is 0 Å². The van der Waals surface area contributed by atoms with Crippen LogP contribution in [-0.2, 0) is 4.79 Å². The largest absolute Gasteiger partial charge is 0.346 e. The van der Waals surface area contributed by atoms with Gasteiger partial charge in [-0.1, -0.05) is 32.1 Å². The molecule has 0 aliphatic rings. The maximum atomic E-state index is 12.8. The molecule has 1 aromatic carbocycles. The Hall–Kier alpha value is -1.64. The van der Waals surface area contributed by atoms with Gasteiger partial charge in [-0.25, -0.2) is 4.39 Å². The Balaban J connectivity index is 2.86. The van der Waals surface area contributed by atoms with Gasteiger partial charge < -0.3 is 5.32 Å². The Kier molecular flexibility index (Phi) is 4.88. The molecule has 1 aromatic rings. The molecule has 1 atom stereocenters. The maximum Gasteiger partial charge on any atom is 0.244 e. The molecule has 0 heterocycles. The van der Waals surface area contributed by atoms with Crippen LogP contribution in [0.25, 0.3) is 0 Å². The van der Waals surface area contributed by atoms with Gasteiger partial charge in [-0.05, 0) is 36.6 Å². The van der Waals surface area contributed by atoms with E-state index in [1.165, 1.54) is 18.2 Å². The minimum atomic E-state index is -0.268. The molecule has 0 saturated carbocycles. The third-order valence-electron chi connectivity index (χ3n) is 2.51. The van der Waals surface area contributed by atoms with Crippen molar-refractivity contribution in [3.05, 3.63) is 47.8 Å². The van der Waals surface area contributed by atoms with E-state index in [0.29, 0.717) is 0 Å². The number of halogens is 1. The molecule has 3 heteroatoms.